The number of halogens is 2. The first kappa shape index (κ1) is 14.6. The lowest BCUT2D eigenvalue weighted by Crippen LogP contribution is -2.44. The summed E-state index contributed by atoms with van der Waals surface area (Å²) in [6.45, 7) is 0.609. The standard InChI is InChI=1S/C15H16F2N2OS/c16-12-5-10(8-18)6-13(17)14(12)19-11-1-3-20-15(7-11)2-4-21-9-15/h5-6,11,19H,1-4,7,9H2/t11-,15-/m0/s1. The van der Waals surface area contributed by atoms with Crippen LogP contribution in [-0.2, 0) is 4.74 Å². The molecule has 0 radical (unpaired) electrons. The topological polar surface area (TPSA) is 45.0 Å². The van der Waals surface area contributed by atoms with Crippen LogP contribution >= 0.6 is 11.8 Å². The van der Waals surface area contributed by atoms with Gasteiger partial charge in [-0.1, -0.05) is 0 Å². The summed E-state index contributed by atoms with van der Waals surface area (Å²) in [5, 5.41) is 11.7. The Hall–Kier alpha value is -1.32. The Labute approximate surface area is 126 Å². The van der Waals surface area contributed by atoms with E-state index >= 15 is 0 Å². The van der Waals surface area contributed by atoms with Crippen LogP contribution in [0, 0.1) is 23.0 Å². The van der Waals surface area contributed by atoms with Crippen LogP contribution in [0.25, 0.3) is 0 Å². The third-order valence-electron chi connectivity index (χ3n) is 4.08. The van der Waals surface area contributed by atoms with E-state index in [1.807, 2.05) is 11.8 Å². The summed E-state index contributed by atoms with van der Waals surface area (Å²) in [4.78, 5) is 0. The molecule has 3 rings (SSSR count). The van der Waals surface area contributed by atoms with Gasteiger partial charge in [-0.15, -0.1) is 0 Å². The van der Waals surface area contributed by atoms with E-state index in [1.165, 1.54) is 0 Å². The van der Waals surface area contributed by atoms with Crippen molar-refractivity contribution in [2.24, 2.45) is 0 Å². The molecule has 1 spiro atoms. The van der Waals surface area contributed by atoms with Crippen LogP contribution in [0.15, 0.2) is 12.1 Å². The molecule has 1 aromatic rings. The summed E-state index contributed by atoms with van der Waals surface area (Å²) in [5.74, 6) is 0.594. The van der Waals surface area contributed by atoms with Gasteiger partial charge in [0.1, 0.15) is 5.69 Å². The van der Waals surface area contributed by atoms with Crippen molar-refractivity contribution in [2.45, 2.75) is 30.9 Å². The van der Waals surface area contributed by atoms with Crippen LogP contribution in [0.1, 0.15) is 24.8 Å². The van der Waals surface area contributed by atoms with Crippen LogP contribution in [0.2, 0.25) is 0 Å². The molecule has 0 aromatic heterocycles. The van der Waals surface area contributed by atoms with E-state index in [0.29, 0.717) is 6.61 Å². The monoisotopic (exact) mass is 310 g/mol. The maximum Gasteiger partial charge on any atom is 0.150 e. The normalized spacial score (nSPS) is 28.5. The van der Waals surface area contributed by atoms with E-state index in [4.69, 9.17) is 10.00 Å². The summed E-state index contributed by atoms with van der Waals surface area (Å²) in [5.41, 5.74) is -0.284. The first-order chi connectivity index (χ1) is 10.1. The van der Waals surface area contributed by atoms with E-state index in [9.17, 15) is 8.78 Å². The molecule has 6 heteroatoms. The van der Waals surface area contributed by atoms with Gasteiger partial charge in [-0.05, 0) is 37.1 Å². The molecule has 2 atom stereocenters. The summed E-state index contributed by atoms with van der Waals surface area (Å²) in [6, 6.07) is 3.87. The van der Waals surface area contributed by atoms with Gasteiger partial charge in [0.2, 0.25) is 0 Å². The van der Waals surface area contributed by atoms with Gasteiger partial charge < -0.3 is 10.1 Å². The van der Waals surface area contributed by atoms with Crippen molar-refractivity contribution in [1.29, 1.82) is 5.26 Å². The number of anilines is 1. The first-order valence-electron chi connectivity index (χ1n) is 6.99. The molecule has 0 saturated carbocycles. The zero-order valence-electron chi connectivity index (χ0n) is 11.5. The molecule has 0 bridgehead atoms. The van der Waals surface area contributed by atoms with Gasteiger partial charge in [0.05, 0.1) is 17.2 Å². The van der Waals surface area contributed by atoms with Gasteiger partial charge in [0.25, 0.3) is 0 Å². The molecule has 0 amide bonds. The van der Waals surface area contributed by atoms with Crippen LogP contribution in [0.5, 0.6) is 0 Å². The second-order valence-electron chi connectivity index (χ2n) is 5.59. The molecule has 0 unspecified atom stereocenters. The molecule has 2 saturated heterocycles. The molecule has 2 aliphatic rings. The van der Waals surface area contributed by atoms with E-state index in [2.05, 4.69) is 5.32 Å². The predicted molar refractivity (Wildman–Crippen MR) is 78.3 cm³/mol. The molecule has 21 heavy (non-hydrogen) atoms. The Morgan fingerprint density at radius 2 is 2.14 bits per heavy atom. The Kier molecular flexibility index (Phi) is 4.05. The molecule has 1 N–H and O–H groups in total. The largest absolute Gasteiger partial charge is 0.377 e. The van der Waals surface area contributed by atoms with Gasteiger partial charge in [0.15, 0.2) is 11.6 Å². The number of nitrogens with one attached hydrogen (secondary N) is 1. The zero-order chi connectivity index (χ0) is 14.9. The maximum atomic E-state index is 13.9. The predicted octanol–water partition coefficient (Wildman–Crippen LogP) is 3.30. The van der Waals surface area contributed by atoms with Crippen LogP contribution in [0.4, 0.5) is 14.5 Å². The summed E-state index contributed by atoms with van der Waals surface area (Å²) in [7, 11) is 0. The second kappa shape index (κ2) is 5.82. The summed E-state index contributed by atoms with van der Waals surface area (Å²) >= 11 is 1.86. The minimum atomic E-state index is -0.715. The maximum absolute atomic E-state index is 13.9. The number of thioether (sulfide) groups is 1. The SMILES string of the molecule is N#Cc1cc(F)c(N[C@H]2CCO[C@@]3(CCSC3)C2)c(F)c1. The lowest BCUT2D eigenvalue weighted by atomic mass is 9.89. The second-order valence-corrected chi connectivity index (χ2v) is 6.70. The fourth-order valence-electron chi connectivity index (χ4n) is 2.99. The number of hydrogen-bond acceptors (Lipinski definition) is 4. The highest BCUT2D eigenvalue weighted by atomic mass is 32.2. The fraction of sp³-hybridized carbons (Fsp3) is 0.533. The zero-order valence-corrected chi connectivity index (χ0v) is 12.3. The Morgan fingerprint density at radius 3 is 2.76 bits per heavy atom. The van der Waals surface area contributed by atoms with E-state index in [0.717, 1.165) is 42.9 Å². The number of nitriles is 1. The van der Waals surface area contributed by atoms with Crippen molar-refractivity contribution in [1.82, 2.24) is 0 Å². The van der Waals surface area contributed by atoms with Gasteiger partial charge in [-0.2, -0.15) is 17.0 Å². The van der Waals surface area contributed by atoms with Crippen molar-refractivity contribution in [3.63, 3.8) is 0 Å². The molecular weight excluding hydrogens is 294 g/mol. The smallest absolute Gasteiger partial charge is 0.150 e. The van der Waals surface area contributed by atoms with Crippen molar-refractivity contribution >= 4 is 17.4 Å². The van der Waals surface area contributed by atoms with Crippen LogP contribution in [0.3, 0.4) is 0 Å². The number of rotatable bonds is 2. The highest BCUT2D eigenvalue weighted by Crippen LogP contribution is 2.39. The third kappa shape index (κ3) is 2.99. The van der Waals surface area contributed by atoms with Gasteiger partial charge in [0, 0.05) is 18.4 Å². The number of nitrogens with zero attached hydrogens (tertiary/aromatic N) is 1. The number of ether oxygens (including phenoxy) is 1. The van der Waals surface area contributed by atoms with Crippen LogP contribution in [-0.4, -0.2) is 29.8 Å². The highest BCUT2D eigenvalue weighted by Gasteiger charge is 2.40. The quantitative estimate of drug-likeness (QED) is 0.910. The Morgan fingerprint density at radius 1 is 1.38 bits per heavy atom. The number of hydrogen-bond donors (Lipinski definition) is 1. The van der Waals surface area contributed by atoms with Crippen molar-refractivity contribution < 1.29 is 13.5 Å². The van der Waals surface area contributed by atoms with Gasteiger partial charge >= 0.3 is 0 Å². The molecule has 2 fully saturated rings. The Balaban J connectivity index is 1.76. The Bertz CT molecular complexity index is 559. The fourth-order valence-corrected chi connectivity index (χ4v) is 4.37. The number of benzene rings is 1. The minimum absolute atomic E-state index is 0.00520. The average Bonchev–Trinajstić information content (AvgIpc) is 2.90. The molecular formula is C15H16F2N2OS. The van der Waals surface area contributed by atoms with Crippen LogP contribution < -0.4 is 5.32 Å². The van der Waals surface area contributed by atoms with E-state index in [-0.39, 0.29) is 22.9 Å². The highest BCUT2D eigenvalue weighted by molar-refractivity contribution is 7.99. The summed E-state index contributed by atoms with van der Waals surface area (Å²) in [6.07, 6.45) is 2.48. The lowest BCUT2D eigenvalue weighted by Gasteiger charge is -2.38. The molecule has 1 aromatic carbocycles. The summed E-state index contributed by atoms with van der Waals surface area (Å²) < 4.78 is 33.8. The van der Waals surface area contributed by atoms with E-state index in [1.54, 1.807) is 6.07 Å². The van der Waals surface area contributed by atoms with Crippen molar-refractivity contribution in [2.75, 3.05) is 23.4 Å². The van der Waals surface area contributed by atoms with Gasteiger partial charge in [-0.3, -0.25) is 0 Å². The molecule has 2 aliphatic heterocycles. The average molecular weight is 310 g/mol. The van der Waals surface area contributed by atoms with Crippen molar-refractivity contribution in [3.8, 4) is 6.07 Å². The first-order valence-corrected chi connectivity index (χ1v) is 8.15. The third-order valence-corrected chi connectivity index (χ3v) is 5.30. The molecule has 112 valence electrons. The minimum Gasteiger partial charge on any atom is -0.377 e. The molecule has 3 nitrogen and oxygen atoms in total. The lowest BCUT2D eigenvalue weighted by molar-refractivity contribution is -0.0628. The molecule has 0 aliphatic carbocycles. The van der Waals surface area contributed by atoms with E-state index < -0.39 is 11.6 Å². The molecule has 2 heterocycles. The van der Waals surface area contributed by atoms with Gasteiger partial charge in [-0.25, -0.2) is 8.78 Å². The van der Waals surface area contributed by atoms with Crippen molar-refractivity contribution in [3.05, 3.63) is 29.3 Å².